The molecule has 214 valence electrons. The summed E-state index contributed by atoms with van der Waals surface area (Å²) < 4.78 is 15.8. The number of rotatable bonds is 8. The van der Waals surface area contributed by atoms with Gasteiger partial charge in [-0.15, -0.1) is 23.1 Å². The minimum absolute atomic E-state index is 0.0603. The molecule has 0 aromatic carbocycles. The number of carbonyl (C=O) groups excluding carboxylic acids is 5. The zero-order chi connectivity index (χ0) is 29.1. The number of hydrogen-bond acceptors (Lipinski definition) is 10. The Morgan fingerprint density at radius 3 is 2.28 bits per heavy atom. The fourth-order valence-corrected chi connectivity index (χ4v) is 6.05. The smallest absolute Gasteiger partial charge is 0.407 e. The van der Waals surface area contributed by atoms with Crippen LogP contribution in [0.15, 0.2) is 23.4 Å². The lowest BCUT2D eigenvalue weighted by Gasteiger charge is -2.49. The quantitative estimate of drug-likeness (QED) is 0.269. The summed E-state index contributed by atoms with van der Waals surface area (Å²) in [7, 11) is 0. The second kappa shape index (κ2) is 12.0. The summed E-state index contributed by atoms with van der Waals surface area (Å²) in [6, 6.07) is 2.81. The van der Waals surface area contributed by atoms with Gasteiger partial charge in [0.15, 0.2) is 0 Å². The van der Waals surface area contributed by atoms with Crippen molar-refractivity contribution >= 4 is 52.9 Å². The largest absolute Gasteiger partial charge is 0.461 e. The van der Waals surface area contributed by atoms with Gasteiger partial charge in [0.2, 0.25) is 5.91 Å². The highest BCUT2D eigenvalue weighted by molar-refractivity contribution is 8.00. The van der Waals surface area contributed by atoms with Crippen molar-refractivity contribution in [3.8, 4) is 0 Å². The van der Waals surface area contributed by atoms with E-state index >= 15 is 0 Å². The lowest BCUT2D eigenvalue weighted by molar-refractivity contribution is -0.159. The van der Waals surface area contributed by atoms with E-state index in [0.29, 0.717) is 11.3 Å². The molecule has 2 aliphatic heterocycles. The Labute approximate surface area is 236 Å². The molecule has 0 aliphatic carbocycles. The van der Waals surface area contributed by atoms with Gasteiger partial charge in [0, 0.05) is 28.0 Å². The monoisotopic (exact) mass is 581 g/mol. The summed E-state index contributed by atoms with van der Waals surface area (Å²) in [5, 5.41) is 4.97. The van der Waals surface area contributed by atoms with Crippen LogP contribution < -0.4 is 10.6 Å². The third kappa shape index (κ3) is 8.46. The predicted molar refractivity (Wildman–Crippen MR) is 146 cm³/mol. The van der Waals surface area contributed by atoms with Crippen LogP contribution in [-0.4, -0.2) is 69.7 Å². The van der Waals surface area contributed by atoms with Gasteiger partial charge in [-0.25, -0.2) is 9.59 Å². The molecule has 13 heteroatoms. The van der Waals surface area contributed by atoms with Crippen LogP contribution >= 0.6 is 23.1 Å². The molecule has 0 bridgehead atoms. The fraction of sp³-hybridized carbons (Fsp3) is 0.577. The van der Waals surface area contributed by atoms with E-state index in [4.69, 9.17) is 14.2 Å². The molecular weight excluding hydrogens is 546 g/mol. The molecule has 2 aliphatic rings. The van der Waals surface area contributed by atoms with Crippen LogP contribution in [0, 0.1) is 0 Å². The third-order valence-corrected chi connectivity index (χ3v) is 7.69. The highest BCUT2D eigenvalue weighted by atomic mass is 32.2. The summed E-state index contributed by atoms with van der Waals surface area (Å²) in [4.78, 5) is 65.0. The van der Waals surface area contributed by atoms with Gasteiger partial charge in [-0.1, -0.05) is 0 Å². The number of ether oxygens (including phenoxy) is 3. The number of hydrogen-bond donors (Lipinski definition) is 2. The number of β-lactam (4-membered cyclic amide) rings is 1. The lowest BCUT2D eigenvalue weighted by Crippen LogP contribution is -2.70. The first-order chi connectivity index (χ1) is 18.0. The minimum atomic E-state index is -0.802. The minimum Gasteiger partial charge on any atom is -0.461 e. The normalized spacial score (nSPS) is 19.1. The zero-order valence-corrected chi connectivity index (χ0v) is 24.8. The van der Waals surface area contributed by atoms with Crippen molar-refractivity contribution in [2.24, 2.45) is 0 Å². The number of amides is 3. The Hall–Kier alpha value is -3.06. The zero-order valence-electron chi connectivity index (χ0n) is 23.2. The molecule has 0 unspecified atom stereocenters. The molecule has 1 saturated heterocycles. The number of carbonyl (C=O) groups is 5. The molecule has 0 spiro atoms. The standard InChI is InChI=1S/C26H35N3O8S2/c1-14(30)35-12-15-13-38-22-19(21(32)29(22)20(15)23(33)36-25(2,3)4)28-18(31)10-16-8-9-17(39-16)11-27-24(34)37-26(5,6)7/h8-9,19,22H,10-13H2,1-7H3,(H,27,34)(H,28,31)/t19-,22-/m1/s1. The van der Waals surface area contributed by atoms with Crippen molar-refractivity contribution in [1.29, 1.82) is 0 Å². The molecule has 0 saturated carbocycles. The molecule has 2 atom stereocenters. The van der Waals surface area contributed by atoms with Gasteiger partial charge in [0.05, 0.1) is 13.0 Å². The van der Waals surface area contributed by atoms with E-state index in [1.807, 2.05) is 6.07 Å². The Morgan fingerprint density at radius 2 is 1.67 bits per heavy atom. The fourth-order valence-electron chi connectivity index (χ4n) is 3.77. The van der Waals surface area contributed by atoms with Crippen LogP contribution in [0.1, 0.15) is 58.2 Å². The van der Waals surface area contributed by atoms with E-state index in [1.165, 1.54) is 34.9 Å². The lowest BCUT2D eigenvalue weighted by atomic mass is 10.0. The molecule has 3 amide bonds. The molecule has 1 aromatic rings. The SMILES string of the molecule is CC(=O)OCC1=C(C(=O)OC(C)(C)C)N2C(=O)[C@@H](NC(=O)Cc3ccc(CNC(=O)OC(C)(C)C)s3)[C@H]2SC1. The molecular formula is C26H35N3O8S2. The Balaban J connectivity index is 1.61. The van der Waals surface area contributed by atoms with E-state index in [2.05, 4.69) is 10.6 Å². The van der Waals surface area contributed by atoms with E-state index in [0.717, 1.165) is 9.75 Å². The summed E-state index contributed by atoms with van der Waals surface area (Å²) in [5.74, 6) is -1.62. The van der Waals surface area contributed by atoms with Crippen molar-refractivity contribution in [1.82, 2.24) is 15.5 Å². The second-order valence-corrected chi connectivity index (χ2v) is 13.4. The Bertz CT molecular complexity index is 1180. The van der Waals surface area contributed by atoms with Crippen molar-refractivity contribution < 1.29 is 38.2 Å². The highest BCUT2D eigenvalue weighted by Gasteiger charge is 2.54. The summed E-state index contributed by atoms with van der Waals surface area (Å²) in [5.41, 5.74) is -0.850. The van der Waals surface area contributed by atoms with Gasteiger partial charge in [-0.3, -0.25) is 19.3 Å². The average Bonchev–Trinajstić information content (AvgIpc) is 3.24. The predicted octanol–water partition coefficient (Wildman–Crippen LogP) is 2.87. The molecule has 3 heterocycles. The summed E-state index contributed by atoms with van der Waals surface area (Å²) >= 11 is 2.75. The van der Waals surface area contributed by atoms with E-state index in [-0.39, 0.29) is 31.2 Å². The molecule has 3 rings (SSSR count). The van der Waals surface area contributed by atoms with Gasteiger partial charge in [-0.2, -0.15) is 0 Å². The molecule has 0 radical (unpaired) electrons. The topological polar surface area (TPSA) is 140 Å². The number of nitrogens with zero attached hydrogens (tertiary/aromatic N) is 1. The first kappa shape index (κ1) is 30.5. The van der Waals surface area contributed by atoms with Crippen LogP contribution in [0.4, 0.5) is 4.79 Å². The van der Waals surface area contributed by atoms with Crippen molar-refractivity contribution in [2.75, 3.05) is 12.4 Å². The van der Waals surface area contributed by atoms with Crippen LogP contribution in [0.5, 0.6) is 0 Å². The first-order valence-corrected chi connectivity index (χ1v) is 14.3. The van der Waals surface area contributed by atoms with E-state index in [9.17, 15) is 24.0 Å². The Morgan fingerprint density at radius 1 is 1.03 bits per heavy atom. The second-order valence-electron chi connectivity index (χ2n) is 11.1. The summed E-state index contributed by atoms with van der Waals surface area (Å²) in [6.07, 6.45) is -0.464. The average molecular weight is 582 g/mol. The van der Waals surface area contributed by atoms with Gasteiger partial charge in [-0.05, 0) is 53.7 Å². The van der Waals surface area contributed by atoms with Crippen molar-refractivity contribution in [3.05, 3.63) is 33.2 Å². The summed E-state index contributed by atoms with van der Waals surface area (Å²) in [6.45, 7) is 11.9. The number of esters is 2. The number of fused-ring (bicyclic) bond motifs is 1. The molecule has 2 N–H and O–H groups in total. The van der Waals surface area contributed by atoms with Crippen LogP contribution in [0.3, 0.4) is 0 Å². The van der Waals surface area contributed by atoms with Gasteiger partial charge < -0.3 is 24.8 Å². The van der Waals surface area contributed by atoms with Crippen molar-refractivity contribution in [2.45, 2.75) is 84.0 Å². The highest BCUT2D eigenvalue weighted by Crippen LogP contribution is 2.41. The molecule has 11 nitrogen and oxygen atoms in total. The number of thioether (sulfide) groups is 1. The molecule has 1 aromatic heterocycles. The van der Waals surface area contributed by atoms with Gasteiger partial charge in [0.1, 0.15) is 34.9 Å². The van der Waals surface area contributed by atoms with E-state index in [1.54, 1.807) is 47.6 Å². The maximum atomic E-state index is 13.1. The maximum Gasteiger partial charge on any atom is 0.407 e. The van der Waals surface area contributed by atoms with Gasteiger partial charge >= 0.3 is 18.0 Å². The van der Waals surface area contributed by atoms with Crippen LogP contribution in [0.2, 0.25) is 0 Å². The number of thiophene rings is 1. The number of alkyl carbamates (subject to hydrolysis) is 1. The molecule has 1 fully saturated rings. The van der Waals surface area contributed by atoms with Crippen molar-refractivity contribution in [3.63, 3.8) is 0 Å². The van der Waals surface area contributed by atoms with Crippen LogP contribution in [-0.2, 0) is 46.4 Å². The maximum absolute atomic E-state index is 13.1. The van der Waals surface area contributed by atoms with E-state index < -0.39 is 46.6 Å². The third-order valence-electron chi connectivity index (χ3n) is 5.26. The van der Waals surface area contributed by atoms with Gasteiger partial charge in [0.25, 0.3) is 5.91 Å². The Kier molecular flexibility index (Phi) is 9.37. The van der Waals surface area contributed by atoms with Crippen LogP contribution in [0.25, 0.3) is 0 Å². The first-order valence-electron chi connectivity index (χ1n) is 12.4. The number of nitrogens with one attached hydrogen (secondary N) is 2. The molecule has 39 heavy (non-hydrogen) atoms.